The van der Waals surface area contributed by atoms with Crippen LogP contribution in [0, 0.1) is 5.92 Å². The number of nitrogens with one attached hydrogen (secondary N) is 2. The Morgan fingerprint density at radius 2 is 1.83 bits per heavy atom. The highest BCUT2D eigenvalue weighted by Gasteiger charge is 2.29. The van der Waals surface area contributed by atoms with Gasteiger partial charge in [-0.1, -0.05) is 12.1 Å². The number of ether oxygens (including phenoxy) is 1. The van der Waals surface area contributed by atoms with Gasteiger partial charge in [-0.05, 0) is 64.2 Å². The molecular formula is C18H26N2O3. The zero-order valence-electron chi connectivity index (χ0n) is 14.3. The molecule has 5 nitrogen and oxygen atoms in total. The van der Waals surface area contributed by atoms with E-state index in [0.717, 1.165) is 5.56 Å². The van der Waals surface area contributed by atoms with Crippen molar-refractivity contribution in [1.82, 2.24) is 10.6 Å². The van der Waals surface area contributed by atoms with Crippen molar-refractivity contribution in [3.05, 3.63) is 35.4 Å². The first-order valence-corrected chi connectivity index (χ1v) is 8.11. The second kappa shape index (κ2) is 7.02. The van der Waals surface area contributed by atoms with Gasteiger partial charge >= 0.3 is 6.09 Å². The third kappa shape index (κ3) is 5.93. The standard InChI is InChI=1S/C18H26N2O3/c1-12(14-9-10-14)20-16(21)15-7-5-13(6-8-15)11-19-17(22)23-18(2,3)4/h5-8,12,14H,9-11H2,1-4H3,(H,19,22)(H,20,21)/t12-/m0/s1. The maximum Gasteiger partial charge on any atom is 0.407 e. The SMILES string of the molecule is C[C@H](NC(=O)c1ccc(CNC(=O)OC(C)(C)C)cc1)C1CC1. The second-order valence-corrected chi connectivity index (χ2v) is 7.15. The summed E-state index contributed by atoms with van der Waals surface area (Å²) in [5, 5.41) is 5.72. The number of alkyl carbamates (subject to hydrolysis) is 1. The Morgan fingerprint density at radius 1 is 1.22 bits per heavy atom. The van der Waals surface area contributed by atoms with Crippen molar-refractivity contribution in [2.45, 2.75) is 58.7 Å². The molecule has 0 aliphatic heterocycles. The lowest BCUT2D eigenvalue weighted by atomic mass is 10.1. The van der Waals surface area contributed by atoms with Crippen molar-refractivity contribution in [3.63, 3.8) is 0 Å². The van der Waals surface area contributed by atoms with Gasteiger partial charge in [0, 0.05) is 18.2 Å². The average Bonchev–Trinajstić information content (AvgIpc) is 3.28. The zero-order valence-corrected chi connectivity index (χ0v) is 14.3. The summed E-state index contributed by atoms with van der Waals surface area (Å²) >= 11 is 0. The summed E-state index contributed by atoms with van der Waals surface area (Å²) in [5.41, 5.74) is 1.05. The molecule has 1 fully saturated rings. The minimum absolute atomic E-state index is 0.0453. The molecule has 2 rings (SSSR count). The normalized spacial score (nSPS) is 15.7. The van der Waals surface area contributed by atoms with Gasteiger partial charge in [-0.25, -0.2) is 4.79 Å². The molecule has 0 spiro atoms. The summed E-state index contributed by atoms with van der Waals surface area (Å²) in [6.07, 6.45) is 1.96. The highest BCUT2D eigenvalue weighted by molar-refractivity contribution is 5.94. The number of carbonyl (C=O) groups is 2. The summed E-state index contributed by atoms with van der Waals surface area (Å²) < 4.78 is 5.18. The van der Waals surface area contributed by atoms with Crippen LogP contribution in [0.1, 0.15) is 56.5 Å². The predicted octanol–water partition coefficient (Wildman–Crippen LogP) is 3.24. The number of hydrogen-bond donors (Lipinski definition) is 2. The van der Waals surface area contributed by atoms with E-state index in [0.29, 0.717) is 18.0 Å². The summed E-state index contributed by atoms with van der Waals surface area (Å²) in [6.45, 7) is 7.89. The molecule has 0 heterocycles. The fraction of sp³-hybridized carbons (Fsp3) is 0.556. The first-order valence-electron chi connectivity index (χ1n) is 8.11. The second-order valence-electron chi connectivity index (χ2n) is 7.15. The first-order chi connectivity index (χ1) is 10.7. The highest BCUT2D eigenvalue weighted by atomic mass is 16.6. The van der Waals surface area contributed by atoms with Crippen LogP contribution in [0.15, 0.2) is 24.3 Å². The molecule has 1 aromatic rings. The third-order valence-electron chi connectivity index (χ3n) is 3.74. The molecule has 23 heavy (non-hydrogen) atoms. The number of carbonyl (C=O) groups excluding carboxylic acids is 2. The Bertz CT molecular complexity index is 557. The van der Waals surface area contributed by atoms with E-state index in [9.17, 15) is 9.59 Å². The predicted molar refractivity (Wildman–Crippen MR) is 89.2 cm³/mol. The maximum atomic E-state index is 12.1. The molecule has 1 aliphatic rings. The van der Waals surface area contributed by atoms with Gasteiger partial charge in [0.1, 0.15) is 5.60 Å². The number of hydrogen-bond acceptors (Lipinski definition) is 3. The molecule has 0 bridgehead atoms. The van der Waals surface area contributed by atoms with E-state index in [1.54, 1.807) is 12.1 Å². The van der Waals surface area contributed by atoms with Crippen LogP contribution in [0.3, 0.4) is 0 Å². The maximum absolute atomic E-state index is 12.1. The number of benzene rings is 1. The molecule has 2 N–H and O–H groups in total. The smallest absolute Gasteiger partial charge is 0.407 e. The highest BCUT2D eigenvalue weighted by Crippen LogP contribution is 2.32. The van der Waals surface area contributed by atoms with Crippen LogP contribution in [0.5, 0.6) is 0 Å². The summed E-state index contributed by atoms with van der Waals surface area (Å²) in [6, 6.07) is 7.47. The fourth-order valence-corrected chi connectivity index (χ4v) is 2.27. The van der Waals surface area contributed by atoms with Crippen molar-refractivity contribution in [1.29, 1.82) is 0 Å². The molecule has 2 amide bonds. The van der Waals surface area contributed by atoms with Crippen LogP contribution in [-0.4, -0.2) is 23.6 Å². The van der Waals surface area contributed by atoms with Crippen LogP contribution < -0.4 is 10.6 Å². The fourth-order valence-electron chi connectivity index (χ4n) is 2.27. The molecule has 0 saturated heterocycles. The summed E-state index contributed by atoms with van der Waals surface area (Å²) in [4.78, 5) is 23.7. The average molecular weight is 318 g/mol. The topological polar surface area (TPSA) is 67.4 Å². The molecule has 0 aromatic heterocycles. The van der Waals surface area contributed by atoms with Crippen LogP contribution in [-0.2, 0) is 11.3 Å². The number of amides is 2. The van der Waals surface area contributed by atoms with E-state index in [2.05, 4.69) is 17.6 Å². The minimum atomic E-state index is -0.510. The van der Waals surface area contributed by atoms with Crippen molar-refractivity contribution < 1.29 is 14.3 Å². The molecule has 5 heteroatoms. The van der Waals surface area contributed by atoms with Crippen LogP contribution in [0.25, 0.3) is 0 Å². The first kappa shape index (κ1) is 17.3. The molecule has 0 radical (unpaired) electrons. The Labute approximate surface area is 137 Å². The van der Waals surface area contributed by atoms with E-state index in [4.69, 9.17) is 4.74 Å². The molecule has 0 unspecified atom stereocenters. The number of rotatable bonds is 5. The van der Waals surface area contributed by atoms with E-state index in [1.807, 2.05) is 32.9 Å². The van der Waals surface area contributed by atoms with Gasteiger partial charge < -0.3 is 15.4 Å². The van der Waals surface area contributed by atoms with E-state index < -0.39 is 11.7 Å². The molecular weight excluding hydrogens is 292 g/mol. The van der Waals surface area contributed by atoms with Gasteiger partial charge in [0.15, 0.2) is 0 Å². The Balaban J connectivity index is 1.81. The Hall–Kier alpha value is -2.04. The van der Waals surface area contributed by atoms with Crippen molar-refractivity contribution >= 4 is 12.0 Å². The molecule has 1 aliphatic carbocycles. The Kier molecular flexibility index (Phi) is 5.29. The zero-order chi connectivity index (χ0) is 17.0. The van der Waals surface area contributed by atoms with Crippen molar-refractivity contribution in [2.24, 2.45) is 5.92 Å². The Morgan fingerprint density at radius 3 is 2.35 bits per heavy atom. The lowest BCUT2D eigenvalue weighted by Crippen LogP contribution is -2.34. The molecule has 1 aromatic carbocycles. The third-order valence-corrected chi connectivity index (χ3v) is 3.74. The van der Waals surface area contributed by atoms with E-state index in [1.165, 1.54) is 12.8 Å². The molecule has 1 atom stereocenters. The largest absolute Gasteiger partial charge is 0.444 e. The lowest BCUT2D eigenvalue weighted by molar-refractivity contribution is 0.0523. The van der Waals surface area contributed by atoms with Gasteiger partial charge in [0.25, 0.3) is 5.91 Å². The van der Waals surface area contributed by atoms with Gasteiger partial charge in [-0.15, -0.1) is 0 Å². The van der Waals surface area contributed by atoms with Crippen LogP contribution in [0.4, 0.5) is 4.79 Å². The lowest BCUT2D eigenvalue weighted by Gasteiger charge is -2.19. The van der Waals surface area contributed by atoms with E-state index in [-0.39, 0.29) is 11.9 Å². The monoisotopic (exact) mass is 318 g/mol. The van der Waals surface area contributed by atoms with E-state index >= 15 is 0 Å². The van der Waals surface area contributed by atoms with Crippen molar-refractivity contribution in [2.75, 3.05) is 0 Å². The molecule has 126 valence electrons. The van der Waals surface area contributed by atoms with Gasteiger partial charge in [-0.3, -0.25) is 4.79 Å². The minimum Gasteiger partial charge on any atom is -0.444 e. The van der Waals surface area contributed by atoms with Gasteiger partial charge in [-0.2, -0.15) is 0 Å². The van der Waals surface area contributed by atoms with Crippen molar-refractivity contribution in [3.8, 4) is 0 Å². The van der Waals surface area contributed by atoms with Crippen LogP contribution >= 0.6 is 0 Å². The van der Waals surface area contributed by atoms with Crippen LogP contribution in [0.2, 0.25) is 0 Å². The quantitative estimate of drug-likeness (QED) is 0.876. The summed E-state index contributed by atoms with van der Waals surface area (Å²) in [7, 11) is 0. The molecule has 1 saturated carbocycles. The van der Waals surface area contributed by atoms with Gasteiger partial charge in [0.05, 0.1) is 0 Å². The summed E-state index contributed by atoms with van der Waals surface area (Å²) in [5.74, 6) is 0.590. The van der Waals surface area contributed by atoms with Gasteiger partial charge in [0.2, 0.25) is 0 Å².